The first kappa shape index (κ1) is 12.1. The quantitative estimate of drug-likeness (QED) is 0.391. The lowest BCUT2D eigenvalue weighted by Gasteiger charge is -2.19. The second kappa shape index (κ2) is 4.99. The molecule has 4 heteroatoms. The highest BCUT2D eigenvalue weighted by Gasteiger charge is 2.25. The fourth-order valence-electron chi connectivity index (χ4n) is 0.803. The maximum absolute atomic E-state index is 10.9. The van der Waals surface area contributed by atoms with Gasteiger partial charge in [-0.1, -0.05) is 12.5 Å². The number of esters is 1. The largest absolute Gasteiger partial charge is 0.405 e. The summed E-state index contributed by atoms with van der Waals surface area (Å²) in [5.74, 6) is -3.07. The van der Waals surface area contributed by atoms with Gasteiger partial charge in [0, 0.05) is 12.5 Å². The van der Waals surface area contributed by atoms with Crippen molar-refractivity contribution in [2.24, 2.45) is 0 Å². The summed E-state index contributed by atoms with van der Waals surface area (Å²) in [6, 6.07) is 0. The zero-order chi connectivity index (χ0) is 10.5. The van der Waals surface area contributed by atoms with Crippen LogP contribution in [0.2, 0.25) is 0 Å². The molecule has 0 aliphatic heterocycles. The van der Waals surface area contributed by atoms with Gasteiger partial charge in [0.15, 0.2) is 0 Å². The molecule has 0 atom stereocenters. The van der Waals surface area contributed by atoms with E-state index in [9.17, 15) is 4.79 Å². The van der Waals surface area contributed by atoms with Crippen LogP contribution >= 0.6 is 0 Å². The molecule has 0 aromatic heterocycles. The van der Waals surface area contributed by atoms with Crippen LogP contribution in [0.25, 0.3) is 0 Å². The minimum atomic E-state index is -2.34. The zero-order valence-electron chi connectivity index (χ0n) is 8.20. The van der Waals surface area contributed by atoms with Gasteiger partial charge in [-0.15, -0.1) is 0 Å². The van der Waals surface area contributed by atoms with E-state index in [1.165, 1.54) is 6.08 Å². The van der Waals surface area contributed by atoms with Crippen LogP contribution in [-0.2, 0) is 9.53 Å². The Bertz CT molecular complexity index is 202. The van der Waals surface area contributed by atoms with Gasteiger partial charge in [0.05, 0.1) is 0 Å². The minimum absolute atomic E-state index is 0.00927. The van der Waals surface area contributed by atoms with Gasteiger partial charge < -0.3 is 14.9 Å². The van der Waals surface area contributed by atoms with Crippen molar-refractivity contribution < 1.29 is 19.7 Å². The average Bonchev–Trinajstić information content (AvgIpc) is 1.81. The maximum atomic E-state index is 10.9. The number of rotatable bonds is 4. The van der Waals surface area contributed by atoms with Gasteiger partial charge in [-0.3, -0.25) is 0 Å². The van der Waals surface area contributed by atoms with Crippen molar-refractivity contribution in [2.75, 3.05) is 0 Å². The van der Waals surface area contributed by atoms with E-state index in [0.717, 1.165) is 5.57 Å². The van der Waals surface area contributed by atoms with Crippen molar-refractivity contribution in [3.8, 4) is 0 Å². The van der Waals surface area contributed by atoms with E-state index in [-0.39, 0.29) is 6.42 Å². The molecule has 0 aliphatic carbocycles. The van der Waals surface area contributed by atoms with Crippen LogP contribution in [0.5, 0.6) is 0 Å². The van der Waals surface area contributed by atoms with Gasteiger partial charge in [-0.25, -0.2) is 4.79 Å². The van der Waals surface area contributed by atoms with Crippen molar-refractivity contribution in [2.45, 2.75) is 39.6 Å². The number of ether oxygens (including phenoxy) is 1. The van der Waals surface area contributed by atoms with Crippen molar-refractivity contribution in [1.82, 2.24) is 0 Å². The number of carbonyl (C=O) groups excluding carboxylic acids is 1. The van der Waals surface area contributed by atoms with E-state index in [1.54, 1.807) is 20.8 Å². The van der Waals surface area contributed by atoms with Crippen molar-refractivity contribution in [3.05, 3.63) is 11.6 Å². The van der Waals surface area contributed by atoms with E-state index < -0.39 is 11.9 Å². The maximum Gasteiger partial charge on any atom is 0.334 e. The summed E-state index contributed by atoms with van der Waals surface area (Å²) < 4.78 is 4.38. The fourth-order valence-corrected chi connectivity index (χ4v) is 0.803. The summed E-state index contributed by atoms with van der Waals surface area (Å²) >= 11 is 0. The number of hydrogen-bond acceptors (Lipinski definition) is 4. The predicted octanol–water partition coefficient (Wildman–Crippen LogP) is 0.934. The van der Waals surface area contributed by atoms with Gasteiger partial charge in [0.2, 0.25) is 0 Å². The molecule has 0 aliphatic rings. The van der Waals surface area contributed by atoms with Crippen molar-refractivity contribution >= 4 is 5.97 Å². The Kier molecular flexibility index (Phi) is 4.66. The van der Waals surface area contributed by atoms with Crippen LogP contribution in [0.1, 0.15) is 33.6 Å². The molecule has 0 aromatic carbocycles. The summed E-state index contributed by atoms with van der Waals surface area (Å²) in [6.45, 7) is 5.20. The summed E-state index contributed by atoms with van der Waals surface area (Å²) in [5.41, 5.74) is 0.747. The van der Waals surface area contributed by atoms with Gasteiger partial charge >= 0.3 is 11.9 Å². The molecule has 76 valence electrons. The fraction of sp³-hybridized carbons (Fsp3) is 0.667. The van der Waals surface area contributed by atoms with Gasteiger partial charge in [0.1, 0.15) is 0 Å². The smallest absolute Gasteiger partial charge is 0.334 e. The van der Waals surface area contributed by atoms with Crippen LogP contribution < -0.4 is 0 Å². The highest BCUT2D eigenvalue weighted by molar-refractivity contribution is 5.82. The van der Waals surface area contributed by atoms with E-state index in [0.29, 0.717) is 6.42 Å². The first-order valence-electron chi connectivity index (χ1n) is 4.20. The molecule has 0 bridgehead atoms. The number of aliphatic hydroxyl groups is 2. The van der Waals surface area contributed by atoms with E-state index in [2.05, 4.69) is 4.74 Å². The van der Waals surface area contributed by atoms with Gasteiger partial charge in [-0.05, 0) is 20.3 Å². The molecule has 0 amide bonds. The van der Waals surface area contributed by atoms with Crippen molar-refractivity contribution in [3.63, 3.8) is 0 Å². The second-order valence-corrected chi connectivity index (χ2v) is 3.14. The van der Waals surface area contributed by atoms with E-state index >= 15 is 0 Å². The Morgan fingerprint density at radius 1 is 1.46 bits per heavy atom. The molecule has 0 spiro atoms. The Morgan fingerprint density at radius 3 is 2.38 bits per heavy atom. The normalized spacial score (nSPS) is 10.8. The van der Waals surface area contributed by atoms with E-state index in [4.69, 9.17) is 10.2 Å². The third-order valence-corrected chi connectivity index (χ3v) is 1.25. The molecule has 0 unspecified atom stereocenters. The molecule has 0 saturated carbocycles. The van der Waals surface area contributed by atoms with Gasteiger partial charge in [0.25, 0.3) is 0 Å². The predicted molar refractivity (Wildman–Crippen MR) is 47.6 cm³/mol. The molecule has 2 N–H and O–H groups in total. The lowest BCUT2D eigenvalue weighted by Crippen LogP contribution is -2.33. The number of allylic oxidation sites excluding steroid dienone is 1. The lowest BCUT2D eigenvalue weighted by molar-refractivity contribution is -0.319. The SMILES string of the molecule is CCCC(O)(O)OC(=O)C=C(C)C. The standard InChI is InChI=1S/C9H16O4/c1-4-5-9(11,12)13-8(10)6-7(2)3/h6,11-12H,4-5H2,1-3H3. The van der Waals surface area contributed by atoms with Crippen LogP contribution in [-0.4, -0.2) is 22.2 Å². The Hall–Kier alpha value is -0.870. The average molecular weight is 188 g/mol. The van der Waals surface area contributed by atoms with Gasteiger partial charge in [-0.2, -0.15) is 0 Å². The molecule has 4 nitrogen and oxygen atoms in total. The molecule has 0 aromatic rings. The third kappa shape index (κ3) is 6.31. The number of hydrogen-bond donors (Lipinski definition) is 2. The first-order chi connectivity index (χ1) is 5.87. The third-order valence-electron chi connectivity index (χ3n) is 1.25. The first-order valence-corrected chi connectivity index (χ1v) is 4.20. The molecular formula is C9H16O4. The molecular weight excluding hydrogens is 172 g/mol. The minimum Gasteiger partial charge on any atom is -0.405 e. The highest BCUT2D eigenvalue weighted by Crippen LogP contribution is 2.11. The van der Waals surface area contributed by atoms with Crippen molar-refractivity contribution in [1.29, 1.82) is 0 Å². The second-order valence-electron chi connectivity index (χ2n) is 3.14. The van der Waals surface area contributed by atoms with Crippen LogP contribution in [0.4, 0.5) is 0 Å². The monoisotopic (exact) mass is 188 g/mol. The number of carbonyl (C=O) groups is 1. The van der Waals surface area contributed by atoms with Crippen LogP contribution in [0.3, 0.4) is 0 Å². The Labute approximate surface area is 77.8 Å². The summed E-state index contributed by atoms with van der Waals surface area (Å²) in [5, 5.41) is 18.2. The summed E-state index contributed by atoms with van der Waals surface area (Å²) in [7, 11) is 0. The molecule has 0 heterocycles. The molecule has 0 radical (unpaired) electrons. The topological polar surface area (TPSA) is 66.8 Å². The Morgan fingerprint density at radius 2 is 2.00 bits per heavy atom. The molecule has 0 rings (SSSR count). The molecule has 13 heavy (non-hydrogen) atoms. The van der Waals surface area contributed by atoms with Crippen LogP contribution in [0.15, 0.2) is 11.6 Å². The summed E-state index contributed by atoms with van der Waals surface area (Å²) in [6.07, 6.45) is 1.74. The van der Waals surface area contributed by atoms with E-state index in [1.807, 2.05) is 0 Å². The van der Waals surface area contributed by atoms with Crippen LogP contribution in [0, 0.1) is 0 Å². The Balaban J connectivity index is 4.12. The lowest BCUT2D eigenvalue weighted by atomic mass is 10.3. The molecule has 0 saturated heterocycles. The summed E-state index contributed by atoms with van der Waals surface area (Å²) in [4.78, 5) is 10.9. The molecule has 0 fully saturated rings. The zero-order valence-corrected chi connectivity index (χ0v) is 8.20. The highest BCUT2D eigenvalue weighted by atomic mass is 16.8.